The summed E-state index contributed by atoms with van der Waals surface area (Å²) in [5.74, 6) is 0.0811. The van der Waals surface area contributed by atoms with Gasteiger partial charge in [-0.1, -0.05) is 27.7 Å². The molecule has 100 valence electrons. The Labute approximate surface area is 104 Å². The van der Waals surface area contributed by atoms with E-state index in [1.807, 2.05) is 6.92 Å². The Morgan fingerprint density at radius 3 is 2.65 bits per heavy atom. The van der Waals surface area contributed by atoms with Crippen LogP contribution in [-0.4, -0.2) is 38.3 Å². The smallest absolute Gasteiger partial charge is 0.227 e. The van der Waals surface area contributed by atoms with E-state index in [1.54, 1.807) is 0 Å². The minimum absolute atomic E-state index is 0.0393. The van der Waals surface area contributed by atoms with Gasteiger partial charge in [0.2, 0.25) is 5.91 Å². The lowest BCUT2D eigenvalue weighted by Crippen LogP contribution is -2.45. The molecule has 4 nitrogen and oxygen atoms in total. The zero-order valence-electron chi connectivity index (χ0n) is 11.5. The van der Waals surface area contributed by atoms with Gasteiger partial charge < -0.3 is 15.4 Å². The number of ether oxygens (including phenoxy) is 1. The largest absolute Gasteiger partial charge is 0.379 e. The molecule has 0 aliphatic carbocycles. The average Bonchev–Trinajstić information content (AvgIpc) is 2.75. The molecule has 0 bridgehead atoms. The first-order valence-electron chi connectivity index (χ1n) is 6.59. The van der Waals surface area contributed by atoms with Crippen molar-refractivity contribution in [1.29, 1.82) is 0 Å². The van der Waals surface area contributed by atoms with Crippen molar-refractivity contribution < 1.29 is 9.53 Å². The Hall–Kier alpha value is -0.610. The first-order chi connectivity index (χ1) is 8.00. The molecule has 0 aromatic heterocycles. The number of likely N-dealkylation sites (N-methyl/N-ethyl adjacent to an activating group) is 1. The van der Waals surface area contributed by atoms with E-state index in [9.17, 15) is 4.79 Å². The average molecular weight is 242 g/mol. The molecule has 0 aromatic carbocycles. The topological polar surface area (TPSA) is 50.4 Å². The molecular weight excluding hydrogens is 216 g/mol. The Balaban J connectivity index is 2.41. The highest BCUT2D eigenvalue weighted by molar-refractivity contribution is 5.79. The van der Waals surface area contributed by atoms with Crippen LogP contribution in [0.25, 0.3) is 0 Å². The molecule has 1 aliphatic rings. The number of nitrogens with one attached hydrogen (secondary N) is 2. The summed E-state index contributed by atoms with van der Waals surface area (Å²) in [6, 6.07) is 0.171. The van der Waals surface area contributed by atoms with Crippen molar-refractivity contribution in [1.82, 2.24) is 10.6 Å². The Kier molecular flexibility index (Phi) is 5.40. The van der Waals surface area contributed by atoms with Crippen LogP contribution in [0.1, 0.15) is 34.1 Å². The van der Waals surface area contributed by atoms with Crippen molar-refractivity contribution in [3.05, 3.63) is 0 Å². The molecule has 0 spiro atoms. The number of carbonyl (C=O) groups is 1. The van der Waals surface area contributed by atoms with Gasteiger partial charge in [-0.15, -0.1) is 0 Å². The highest BCUT2D eigenvalue weighted by atomic mass is 16.5. The van der Waals surface area contributed by atoms with Crippen molar-refractivity contribution in [3.8, 4) is 0 Å². The third kappa shape index (κ3) is 4.28. The van der Waals surface area contributed by atoms with Crippen LogP contribution in [0, 0.1) is 11.3 Å². The summed E-state index contributed by atoms with van der Waals surface area (Å²) in [6.07, 6.45) is 1.06. The maximum atomic E-state index is 12.1. The summed E-state index contributed by atoms with van der Waals surface area (Å²) in [7, 11) is 0. The van der Waals surface area contributed by atoms with Crippen LogP contribution >= 0.6 is 0 Å². The summed E-state index contributed by atoms with van der Waals surface area (Å²) < 4.78 is 5.38. The van der Waals surface area contributed by atoms with Crippen molar-refractivity contribution in [3.63, 3.8) is 0 Å². The minimum atomic E-state index is -0.0393. The molecule has 1 saturated heterocycles. The van der Waals surface area contributed by atoms with Gasteiger partial charge in [0.1, 0.15) is 0 Å². The fourth-order valence-corrected chi connectivity index (χ4v) is 1.86. The molecule has 2 unspecified atom stereocenters. The van der Waals surface area contributed by atoms with E-state index in [-0.39, 0.29) is 23.3 Å². The zero-order valence-corrected chi connectivity index (χ0v) is 11.5. The summed E-state index contributed by atoms with van der Waals surface area (Å²) in [5.41, 5.74) is 0.169. The van der Waals surface area contributed by atoms with E-state index in [2.05, 4.69) is 31.4 Å². The van der Waals surface area contributed by atoms with Gasteiger partial charge in [0, 0.05) is 12.6 Å². The van der Waals surface area contributed by atoms with Crippen molar-refractivity contribution in [2.24, 2.45) is 11.3 Å². The Bertz CT molecular complexity index is 254. The van der Waals surface area contributed by atoms with Crippen LogP contribution < -0.4 is 10.6 Å². The maximum Gasteiger partial charge on any atom is 0.227 e. The summed E-state index contributed by atoms with van der Waals surface area (Å²) in [5, 5.41) is 6.35. The van der Waals surface area contributed by atoms with Gasteiger partial charge in [-0.3, -0.25) is 4.79 Å². The molecule has 1 heterocycles. The SMILES string of the molecule is CCNC1COCC1C(=O)NCC(C)(C)CC. The first-order valence-corrected chi connectivity index (χ1v) is 6.59. The molecule has 1 fully saturated rings. The molecule has 0 aromatic rings. The van der Waals surface area contributed by atoms with Crippen molar-refractivity contribution in [2.75, 3.05) is 26.3 Å². The number of carbonyl (C=O) groups excluding carboxylic acids is 1. The van der Waals surface area contributed by atoms with E-state index in [0.717, 1.165) is 19.5 Å². The second kappa shape index (κ2) is 6.36. The maximum absolute atomic E-state index is 12.1. The summed E-state index contributed by atoms with van der Waals surface area (Å²) >= 11 is 0. The molecule has 0 saturated carbocycles. The van der Waals surface area contributed by atoms with Crippen LogP contribution in [0.4, 0.5) is 0 Å². The molecule has 17 heavy (non-hydrogen) atoms. The normalized spacial score (nSPS) is 24.9. The van der Waals surface area contributed by atoms with E-state index in [1.165, 1.54) is 0 Å². The molecule has 2 atom stereocenters. The second-order valence-electron chi connectivity index (χ2n) is 5.54. The highest BCUT2D eigenvalue weighted by Crippen LogP contribution is 2.19. The van der Waals surface area contributed by atoms with Crippen molar-refractivity contribution >= 4 is 5.91 Å². The van der Waals surface area contributed by atoms with E-state index >= 15 is 0 Å². The molecule has 4 heteroatoms. The highest BCUT2D eigenvalue weighted by Gasteiger charge is 2.33. The quantitative estimate of drug-likeness (QED) is 0.735. The number of hydrogen-bond donors (Lipinski definition) is 2. The van der Waals surface area contributed by atoms with Gasteiger partial charge in [-0.25, -0.2) is 0 Å². The van der Waals surface area contributed by atoms with Gasteiger partial charge in [-0.05, 0) is 18.4 Å². The predicted octanol–water partition coefficient (Wildman–Crippen LogP) is 1.16. The lowest BCUT2D eigenvalue weighted by molar-refractivity contribution is -0.125. The zero-order chi connectivity index (χ0) is 12.9. The van der Waals surface area contributed by atoms with Gasteiger partial charge in [0.15, 0.2) is 0 Å². The van der Waals surface area contributed by atoms with Crippen LogP contribution in [0.2, 0.25) is 0 Å². The van der Waals surface area contributed by atoms with Gasteiger partial charge >= 0.3 is 0 Å². The van der Waals surface area contributed by atoms with Gasteiger partial charge in [0.25, 0.3) is 0 Å². The Morgan fingerprint density at radius 2 is 2.06 bits per heavy atom. The first kappa shape index (κ1) is 14.5. The third-order valence-electron chi connectivity index (χ3n) is 3.58. The predicted molar refractivity (Wildman–Crippen MR) is 68.9 cm³/mol. The number of amides is 1. The fourth-order valence-electron chi connectivity index (χ4n) is 1.86. The second-order valence-corrected chi connectivity index (χ2v) is 5.54. The minimum Gasteiger partial charge on any atom is -0.379 e. The van der Waals surface area contributed by atoms with Crippen LogP contribution in [0.15, 0.2) is 0 Å². The molecule has 1 rings (SSSR count). The van der Waals surface area contributed by atoms with E-state index in [0.29, 0.717) is 13.2 Å². The lowest BCUT2D eigenvalue weighted by Gasteiger charge is -2.25. The summed E-state index contributed by atoms with van der Waals surface area (Å²) in [4.78, 5) is 12.1. The van der Waals surface area contributed by atoms with Gasteiger partial charge in [0.05, 0.1) is 19.1 Å². The standard InChI is InChI=1S/C13H26N2O2/c1-5-13(3,4)9-15-12(16)10-7-17-8-11(10)14-6-2/h10-11,14H,5-9H2,1-4H3,(H,15,16). The van der Waals surface area contributed by atoms with Crippen molar-refractivity contribution in [2.45, 2.75) is 40.2 Å². The molecule has 0 radical (unpaired) electrons. The molecular formula is C13H26N2O2. The fraction of sp³-hybridized carbons (Fsp3) is 0.923. The number of hydrogen-bond acceptors (Lipinski definition) is 3. The van der Waals surface area contributed by atoms with E-state index in [4.69, 9.17) is 4.74 Å². The summed E-state index contributed by atoms with van der Waals surface area (Å²) in [6.45, 7) is 11.3. The van der Waals surface area contributed by atoms with Crippen LogP contribution in [0.3, 0.4) is 0 Å². The third-order valence-corrected chi connectivity index (χ3v) is 3.58. The van der Waals surface area contributed by atoms with E-state index < -0.39 is 0 Å². The van der Waals surface area contributed by atoms with Crippen LogP contribution in [0.5, 0.6) is 0 Å². The van der Waals surface area contributed by atoms with Crippen LogP contribution in [-0.2, 0) is 9.53 Å². The number of rotatable bonds is 6. The molecule has 1 aliphatic heterocycles. The lowest BCUT2D eigenvalue weighted by atomic mass is 9.90. The Morgan fingerprint density at radius 1 is 1.35 bits per heavy atom. The van der Waals surface area contributed by atoms with Gasteiger partial charge in [-0.2, -0.15) is 0 Å². The molecule has 1 amide bonds. The molecule has 2 N–H and O–H groups in total. The monoisotopic (exact) mass is 242 g/mol.